The Labute approximate surface area is 141 Å². The largest absolute Gasteiger partial charge is 0.497 e. The van der Waals surface area contributed by atoms with Crippen molar-refractivity contribution < 1.29 is 29.2 Å². The molecule has 1 saturated heterocycles. The van der Waals surface area contributed by atoms with Gasteiger partial charge in [-0.3, -0.25) is 4.79 Å². The van der Waals surface area contributed by atoms with Crippen LogP contribution in [0.2, 0.25) is 0 Å². The van der Waals surface area contributed by atoms with E-state index in [1.165, 1.54) is 7.11 Å². The van der Waals surface area contributed by atoms with Crippen molar-refractivity contribution in [3.8, 4) is 5.75 Å². The average molecular weight is 339 g/mol. The molecule has 0 aliphatic carbocycles. The summed E-state index contributed by atoms with van der Waals surface area (Å²) in [5.74, 6) is 0.335. The van der Waals surface area contributed by atoms with Crippen molar-refractivity contribution in [3.05, 3.63) is 29.8 Å². The Hall–Kier alpha value is -1.67. The molecule has 3 N–H and O–H groups in total. The van der Waals surface area contributed by atoms with Gasteiger partial charge in [0.1, 0.15) is 24.1 Å². The van der Waals surface area contributed by atoms with Crippen LogP contribution >= 0.6 is 0 Å². The highest BCUT2D eigenvalue weighted by molar-refractivity contribution is 5.77. The van der Waals surface area contributed by atoms with Crippen molar-refractivity contribution in [1.82, 2.24) is 5.32 Å². The predicted octanol–water partition coefficient (Wildman–Crippen LogP) is 0.400. The van der Waals surface area contributed by atoms with Crippen molar-refractivity contribution >= 4 is 5.91 Å². The highest BCUT2D eigenvalue weighted by Gasteiger charge is 2.47. The van der Waals surface area contributed by atoms with E-state index in [-0.39, 0.29) is 25.5 Å². The van der Waals surface area contributed by atoms with Crippen molar-refractivity contribution in [1.29, 1.82) is 0 Å². The fourth-order valence-corrected chi connectivity index (χ4v) is 2.91. The summed E-state index contributed by atoms with van der Waals surface area (Å²) in [6, 6.07) is 7.37. The van der Waals surface area contributed by atoms with E-state index >= 15 is 0 Å². The van der Waals surface area contributed by atoms with Crippen molar-refractivity contribution in [3.63, 3.8) is 0 Å². The zero-order chi connectivity index (χ0) is 17.7. The number of rotatable bonds is 6. The van der Waals surface area contributed by atoms with Crippen molar-refractivity contribution in [2.45, 2.75) is 37.3 Å². The molecular formula is C17H25NO6. The lowest BCUT2D eigenvalue weighted by molar-refractivity contribution is -0.211. The first-order valence-electron chi connectivity index (χ1n) is 7.85. The fraction of sp³-hybridized carbons (Fsp3) is 0.588. The van der Waals surface area contributed by atoms with Crippen LogP contribution in [-0.2, 0) is 14.3 Å². The number of hydrogen-bond donors (Lipinski definition) is 3. The van der Waals surface area contributed by atoms with Gasteiger partial charge in [-0.2, -0.15) is 0 Å². The van der Waals surface area contributed by atoms with Crippen LogP contribution in [0.5, 0.6) is 5.75 Å². The third kappa shape index (κ3) is 4.24. The Balaban J connectivity index is 2.14. The van der Waals surface area contributed by atoms with Gasteiger partial charge in [-0.25, -0.2) is 0 Å². The van der Waals surface area contributed by atoms with Crippen LogP contribution in [0.4, 0.5) is 0 Å². The second kappa shape index (κ2) is 7.94. The second-order valence-corrected chi connectivity index (χ2v) is 6.07. The van der Waals surface area contributed by atoms with Crippen molar-refractivity contribution in [2.24, 2.45) is 0 Å². The minimum Gasteiger partial charge on any atom is -0.497 e. The SMILES string of the molecule is COCC(=O)NC[C@]1(O)C[C@H](c2cccc(OC)c2)O[C@H](C)[C@H]1O. The number of aliphatic hydroxyl groups is 2. The zero-order valence-corrected chi connectivity index (χ0v) is 14.2. The molecule has 1 aliphatic rings. The molecule has 1 aliphatic heterocycles. The van der Waals surface area contributed by atoms with Gasteiger partial charge >= 0.3 is 0 Å². The molecule has 1 aromatic carbocycles. The maximum atomic E-state index is 11.6. The number of ether oxygens (including phenoxy) is 3. The number of carbonyl (C=O) groups is 1. The molecule has 1 fully saturated rings. The molecule has 7 nitrogen and oxygen atoms in total. The molecule has 4 atom stereocenters. The van der Waals surface area contributed by atoms with Gasteiger partial charge in [-0.05, 0) is 24.6 Å². The lowest BCUT2D eigenvalue weighted by Crippen LogP contribution is -2.59. The number of benzene rings is 1. The van der Waals surface area contributed by atoms with Crippen LogP contribution in [0.3, 0.4) is 0 Å². The standard InChI is InChI=1S/C17H25NO6/c1-11-16(20)17(21,10-18-15(19)9-22-2)8-14(24-11)12-5-4-6-13(7-12)23-3/h4-7,11,14,16,20-21H,8-10H2,1-3H3,(H,18,19)/t11-,14-,16-,17-/m1/s1. The Morgan fingerprint density at radius 1 is 1.46 bits per heavy atom. The minimum atomic E-state index is -1.49. The number of carbonyl (C=O) groups excluding carboxylic acids is 1. The molecule has 1 amide bonds. The Bertz CT molecular complexity index is 566. The summed E-state index contributed by atoms with van der Waals surface area (Å²) in [6.45, 7) is 1.51. The summed E-state index contributed by atoms with van der Waals surface area (Å²) in [6.07, 6.45) is -1.96. The van der Waals surface area contributed by atoms with Gasteiger partial charge in [0.25, 0.3) is 0 Å². The highest BCUT2D eigenvalue weighted by Crippen LogP contribution is 2.38. The van der Waals surface area contributed by atoms with Gasteiger partial charge in [-0.15, -0.1) is 0 Å². The van der Waals surface area contributed by atoms with E-state index < -0.39 is 23.9 Å². The molecule has 1 aromatic rings. The molecule has 0 unspecified atom stereocenters. The molecule has 0 saturated carbocycles. The van der Waals surface area contributed by atoms with Gasteiger partial charge in [0.15, 0.2) is 0 Å². The molecule has 0 spiro atoms. The van der Waals surface area contributed by atoms with Crippen LogP contribution in [-0.4, -0.2) is 61.3 Å². The monoisotopic (exact) mass is 339 g/mol. The maximum Gasteiger partial charge on any atom is 0.246 e. The van der Waals surface area contributed by atoms with Gasteiger partial charge in [0.2, 0.25) is 5.91 Å². The summed E-state index contributed by atoms with van der Waals surface area (Å²) in [4.78, 5) is 11.6. The molecule has 24 heavy (non-hydrogen) atoms. The Morgan fingerprint density at radius 2 is 2.21 bits per heavy atom. The highest BCUT2D eigenvalue weighted by atomic mass is 16.5. The summed E-state index contributed by atoms with van der Waals surface area (Å²) in [5.41, 5.74) is -0.649. The van der Waals surface area contributed by atoms with Crippen LogP contribution in [0.1, 0.15) is 25.0 Å². The second-order valence-electron chi connectivity index (χ2n) is 6.07. The first kappa shape index (κ1) is 18.7. The van der Waals surface area contributed by atoms with E-state index in [1.807, 2.05) is 24.3 Å². The number of aliphatic hydroxyl groups excluding tert-OH is 1. The van der Waals surface area contributed by atoms with Crippen LogP contribution in [0, 0.1) is 0 Å². The van der Waals surface area contributed by atoms with Gasteiger partial charge < -0.3 is 29.7 Å². The number of hydrogen-bond acceptors (Lipinski definition) is 6. The van der Waals surface area contributed by atoms with Crippen molar-refractivity contribution in [2.75, 3.05) is 27.4 Å². The Morgan fingerprint density at radius 3 is 2.88 bits per heavy atom. The molecule has 134 valence electrons. The molecule has 7 heteroatoms. The zero-order valence-electron chi connectivity index (χ0n) is 14.2. The third-order valence-corrected chi connectivity index (χ3v) is 4.25. The minimum absolute atomic E-state index is 0.0788. The predicted molar refractivity (Wildman–Crippen MR) is 86.7 cm³/mol. The van der Waals surface area contributed by atoms with E-state index in [0.717, 1.165) is 5.56 Å². The maximum absolute atomic E-state index is 11.6. The quantitative estimate of drug-likeness (QED) is 0.694. The first-order chi connectivity index (χ1) is 11.4. The summed E-state index contributed by atoms with van der Waals surface area (Å²) >= 11 is 0. The van der Waals surface area contributed by atoms with Crippen LogP contribution in [0.25, 0.3) is 0 Å². The lowest BCUT2D eigenvalue weighted by Gasteiger charge is -2.44. The summed E-state index contributed by atoms with van der Waals surface area (Å²) in [5, 5.41) is 23.8. The summed E-state index contributed by atoms with van der Waals surface area (Å²) < 4.78 is 15.8. The van der Waals surface area contributed by atoms with Gasteiger partial charge in [-0.1, -0.05) is 12.1 Å². The van der Waals surface area contributed by atoms with Crippen LogP contribution in [0.15, 0.2) is 24.3 Å². The average Bonchev–Trinajstić information content (AvgIpc) is 2.58. The third-order valence-electron chi connectivity index (χ3n) is 4.25. The fourth-order valence-electron chi connectivity index (χ4n) is 2.91. The topological polar surface area (TPSA) is 97.3 Å². The lowest BCUT2D eigenvalue weighted by atomic mass is 9.82. The van der Waals surface area contributed by atoms with E-state index in [9.17, 15) is 15.0 Å². The normalized spacial score (nSPS) is 30.0. The van der Waals surface area contributed by atoms with E-state index in [1.54, 1.807) is 14.0 Å². The molecule has 2 rings (SSSR count). The molecule has 1 heterocycles. The number of methoxy groups -OCH3 is 2. The van der Waals surface area contributed by atoms with Gasteiger partial charge in [0.05, 0.1) is 19.3 Å². The molecular weight excluding hydrogens is 314 g/mol. The summed E-state index contributed by atoms with van der Waals surface area (Å²) in [7, 11) is 2.99. The number of nitrogens with one attached hydrogen (secondary N) is 1. The van der Waals surface area contributed by atoms with Gasteiger partial charge in [0, 0.05) is 20.1 Å². The smallest absolute Gasteiger partial charge is 0.246 e. The molecule has 0 bridgehead atoms. The van der Waals surface area contributed by atoms with Crippen LogP contribution < -0.4 is 10.1 Å². The van der Waals surface area contributed by atoms with E-state index in [4.69, 9.17) is 14.2 Å². The van der Waals surface area contributed by atoms with E-state index in [2.05, 4.69) is 5.32 Å². The van der Waals surface area contributed by atoms with E-state index in [0.29, 0.717) is 5.75 Å². The number of amides is 1. The Kier molecular flexibility index (Phi) is 6.17. The first-order valence-corrected chi connectivity index (χ1v) is 7.85. The molecule has 0 radical (unpaired) electrons. The molecule has 0 aromatic heterocycles.